The van der Waals surface area contributed by atoms with Crippen LogP contribution in [0.15, 0.2) is 48.8 Å². The molecule has 0 aliphatic carbocycles. The molecule has 0 radical (unpaired) electrons. The highest BCUT2D eigenvalue weighted by atomic mass is 19.4. The van der Waals surface area contributed by atoms with Crippen LogP contribution in [0.5, 0.6) is 0 Å². The van der Waals surface area contributed by atoms with Gasteiger partial charge in [-0.25, -0.2) is 9.78 Å². The number of hydrogen-bond acceptors (Lipinski definition) is 4. The number of aromatic amines is 1. The molecule has 4 aromatic rings. The lowest BCUT2D eigenvalue weighted by Gasteiger charge is -2.35. The zero-order valence-corrected chi connectivity index (χ0v) is 20.3. The average molecular weight is 498 g/mol. The van der Waals surface area contributed by atoms with Gasteiger partial charge in [-0.2, -0.15) is 18.3 Å². The molecule has 1 atom stereocenters. The molecule has 1 aliphatic heterocycles. The van der Waals surface area contributed by atoms with Crippen molar-refractivity contribution in [2.45, 2.75) is 52.1 Å². The Labute approximate surface area is 205 Å². The Bertz CT molecular complexity index is 1430. The molecule has 1 aliphatic rings. The fourth-order valence-electron chi connectivity index (χ4n) is 4.65. The molecule has 1 unspecified atom stereocenters. The first-order chi connectivity index (χ1) is 16.9. The highest BCUT2D eigenvalue weighted by Gasteiger charge is 2.36. The van der Waals surface area contributed by atoms with Crippen molar-refractivity contribution in [2.24, 2.45) is 0 Å². The summed E-state index contributed by atoms with van der Waals surface area (Å²) in [5.41, 5.74) is 2.78. The van der Waals surface area contributed by atoms with Gasteiger partial charge in [-0.15, -0.1) is 0 Å². The molecule has 1 N–H and O–H groups in total. The van der Waals surface area contributed by atoms with E-state index >= 15 is 0 Å². The number of alkyl halides is 3. The maximum absolute atomic E-state index is 13.2. The zero-order chi connectivity index (χ0) is 25.8. The molecule has 0 spiro atoms. The van der Waals surface area contributed by atoms with Gasteiger partial charge in [-0.1, -0.05) is 12.1 Å². The Balaban J connectivity index is 1.69. The molecule has 0 bridgehead atoms. The molecule has 10 heteroatoms. The number of H-pyrrole nitrogens is 1. The van der Waals surface area contributed by atoms with Crippen LogP contribution < -0.4 is 0 Å². The summed E-state index contributed by atoms with van der Waals surface area (Å²) in [6, 6.07) is 8.37. The van der Waals surface area contributed by atoms with E-state index in [-0.39, 0.29) is 6.04 Å². The fraction of sp³-hybridized carbons (Fsp3) is 0.346. The minimum absolute atomic E-state index is 0.388. The lowest BCUT2D eigenvalue weighted by atomic mass is 9.94. The third-order valence-corrected chi connectivity index (χ3v) is 6.25. The fourth-order valence-corrected chi connectivity index (χ4v) is 4.65. The number of carbonyl (C=O) groups excluding carboxylic acids is 1. The van der Waals surface area contributed by atoms with Crippen molar-refractivity contribution >= 4 is 17.1 Å². The number of ether oxygens (including phenoxy) is 1. The van der Waals surface area contributed by atoms with Gasteiger partial charge in [-0.05, 0) is 57.5 Å². The predicted molar refractivity (Wildman–Crippen MR) is 129 cm³/mol. The van der Waals surface area contributed by atoms with Gasteiger partial charge in [-0.3, -0.25) is 9.58 Å². The standard InChI is InChI=1S/C26H26F3N5O2/c1-15-22-20(18-9-11-30-23-19(18)10-12-31-23)21(16-5-7-17(8-6-16)26(27,28)29)32-34(22)14-13-33(15)24(35)36-25(2,3)4/h5-12,15H,13-14H2,1-4H3,(H,30,31). The topological polar surface area (TPSA) is 76.0 Å². The molecule has 188 valence electrons. The summed E-state index contributed by atoms with van der Waals surface area (Å²) in [7, 11) is 0. The summed E-state index contributed by atoms with van der Waals surface area (Å²) >= 11 is 0. The predicted octanol–water partition coefficient (Wildman–Crippen LogP) is 6.42. The number of aromatic nitrogens is 4. The quantitative estimate of drug-likeness (QED) is 0.347. The van der Waals surface area contributed by atoms with Crippen LogP contribution in [0.1, 0.15) is 45.0 Å². The Morgan fingerprint density at radius 3 is 2.47 bits per heavy atom. The Morgan fingerprint density at radius 2 is 1.81 bits per heavy atom. The van der Waals surface area contributed by atoms with Crippen molar-refractivity contribution in [3.63, 3.8) is 0 Å². The average Bonchev–Trinajstić information content (AvgIpc) is 3.42. The number of nitrogens with one attached hydrogen (secondary N) is 1. The minimum atomic E-state index is -4.43. The molecular weight excluding hydrogens is 471 g/mol. The molecule has 0 saturated heterocycles. The van der Waals surface area contributed by atoms with Gasteiger partial charge < -0.3 is 9.72 Å². The van der Waals surface area contributed by atoms with Crippen LogP contribution in [0.4, 0.5) is 18.0 Å². The molecule has 7 nitrogen and oxygen atoms in total. The number of halogens is 3. The molecular formula is C26H26F3N5O2. The Hall–Kier alpha value is -3.82. The SMILES string of the molecule is CC1c2c(-c3ccnc4[nH]ccc34)c(-c3ccc(C(F)(F)F)cc3)nn2CCN1C(=O)OC(C)(C)C. The monoisotopic (exact) mass is 497 g/mol. The Morgan fingerprint density at radius 1 is 1.08 bits per heavy atom. The van der Waals surface area contributed by atoms with E-state index in [4.69, 9.17) is 9.84 Å². The minimum Gasteiger partial charge on any atom is -0.444 e. The summed E-state index contributed by atoms with van der Waals surface area (Å²) in [4.78, 5) is 22.2. The van der Waals surface area contributed by atoms with Crippen LogP contribution in [0.25, 0.3) is 33.4 Å². The molecule has 4 heterocycles. The maximum Gasteiger partial charge on any atom is 0.416 e. The van der Waals surface area contributed by atoms with E-state index in [1.54, 1.807) is 17.3 Å². The van der Waals surface area contributed by atoms with E-state index in [2.05, 4.69) is 9.97 Å². The van der Waals surface area contributed by atoms with Gasteiger partial charge in [0.1, 0.15) is 16.9 Å². The lowest BCUT2D eigenvalue weighted by molar-refractivity contribution is -0.137. The summed E-state index contributed by atoms with van der Waals surface area (Å²) in [5.74, 6) is 0. The molecule has 0 fully saturated rings. The van der Waals surface area contributed by atoms with Crippen LogP contribution in [0, 0.1) is 0 Å². The van der Waals surface area contributed by atoms with E-state index in [0.29, 0.717) is 30.0 Å². The van der Waals surface area contributed by atoms with Gasteiger partial charge in [0.25, 0.3) is 0 Å². The molecule has 5 rings (SSSR count). The first-order valence-electron chi connectivity index (χ1n) is 11.6. The second kappa shape index (κ2) is 8.39. The lowest BCUT2D eigenvalue weighted by Crippen LogP contribution is -2.43. The number of amides is 1. The molecule has 1 aromatic carbocycles. The highest BCUT2D eigenvalue weighted by molar-refractivity contribution is 5.98. The largest absolute Gasteiger partial charge is 0.444 e. The van der Waals surface area contributed by atoms with Gasteiger partial charge in [0.15, 0.2) is 0 Å². The molecule has 3 aromatic heterocycles. The molecule has 36 heavy (non-hydrogen) atoms. The van der Waals surface area contributed by atoms with E-state index in [1.165, 1.54) is 12.1 Å². The molecule has 1 amide bonds. The normalized spacial score (nSPS) is 16.3. The van der Waals surface area contributed by atoms with Crippen molar-refractivity contribution in [1.29, 1.82) is 0 Å². The summed E-state index contributed by atoms with van der Waals surface area (Å²) in [6.07, 6.45) is -1.40. The smallest absolute Gasteiger partial charge is 0.416 e. The van der Waals surface area contributed by atoms with Gasteiger partial charge in [0.2, 0.25) is 0 Å². The van der Waals surface area contributed by atoms with Crippen molar-refractivity contribution in [1.82, 2.24) is 24.6 Å². The summed E-state index contributed by atoms with van der Waals surface area (Å²) in [6.45, 7) is 8.18. The van der Waals surface area contributed by atoms with Crippen molar-refractivity contribution in [3.8, 4) is 22.4 Å². The van der Waals surface area contributed by atoms with Gasteiger partial charge >= 0.3 is 12.3 Å². The van der Waals surface area contributed by atoms with E-state index < -0.39 is 23.4 Å². The van der Waals surface area contributed by atoms with E-state index in [1.807, 2.05) is 44.5 Å². The zero-order valence-electron chi connectivity index (χ0n) is 20.3. The van der Waals surface area contributed by atoms with Crippen LogP contribution >= 0.6 is 0 Å². The van der Waals surface area contributed by atoms with Gasteiger partial charge in [0, 0.05) is 35.5 Å². The summed E-state index contributed by atoms with van der Waals surface area (Å²) < 4.78 is 47.1. The third kappa shape index (κ3) is 4.20. The number of rotatable bonds is 2. The van der Waals surface area contributed by atoms with Crippen LogP contribution in [0.2, 0.25) is 0 Å². The number of nitrogens with zero attached hydrogens (tertiary/aromatic N) is 4. The second-order valence-electron chi connectivity index (χ2n) is 9.86. The number of pyridine rings is 1. The van der Waals surface area contributed by atoms with Crippen LogP contribution in [-0.2, 0) is 17.5 Å². The number of benzene rings is 1. The third-order valence-electron chi connectivity index (χ3n) is 6.25. The maximum atomic E-state index is 13.2. The molecule has 0 saturated carbocycles. The van der Waals surface area contributed by atoms with Crippen molar-refractivity contribution in [2.75, 3.05) is 6.54 Å². The first-order valence-corrected chi connectivity index (χ1v) is 11.6. The Kier molecular flexibility index (Phi) is 5.57. The number of carbonyl (C=O) groups is 1. The second-order valence-corrected chi connectivity index (χ2v) is 9.86. The van der Waals surface area contributed by atoms with E-state index in [0.717, 1.165) is 34.3 Å². The first kappa shape index (κ1) is 23.9. The van der Waals surface area contributed by atoms with E-state index in [9.17, 15) is 18.0 Å². The highest BCUT2D eigenvalue weighted by Crippen LogP contribution is 2.43. The van der Waals surface area contributed by atoms with Crippen molar-refractivity contribution in [3.05, 3.63) is 60.0 Å². The summed E-state index contributed by atoms with van der Waals surface area (Å²) in [5, 5.41) is 5.68. The van der Waals surface area contributed by atoms with Crippen LogP contribution in [-0.4, -0.2) is 42.9 Å². The van der Waals surface area contributed by atoms with Gasteiger partial charge in [0.05, 0.1) is 23.8 Å². The van der Waals surface area contributed by atoms with Crippen molar-refractivity contribution < 1.29 is 22.7 Å². The number of fused-ring (bicyclic) bond motifs is 2. The van der Waals surface area contributed by atoms with Crippen LogP contribution in [0.3, 0.4) is 0 Å². The number of hydrogen-bond donors (Lipinski definition) is 1.